The van der Waals surface area contributed by atoms with Crippen LogP contribution in [0.3, 0.4) is 0 Å². The first-order valence-corrected chi connectivity index (χ1v) is 7.40. The lowest BCUT2D eigenvalue weighted by molar-refractivity contribution is 0.944. The van der Waals surface area contributed by atoms with Crippen molar-refractivity contribution in [1.82, 2.24) is 15.0 Å². The third kappa shape index (κ3) is 3.90. The highest BCUT2D eigenvalue weighted by Crippen LogP contribution is 2.21. The molecule has 0 spiro atoms. The Morgan fingerprint density at radius 1 is 1.25 bits per heavy atom. The van der Waals surface area contributed by atoms with Crippen LogP contribution in [-0.2, 0) is 6.54 Å². The van der Waals surface area contributed by atoms with Gasteiger partial charge in [0, 0.05) is 18.9 Å². The first-order valence-electron chi connectivity index (χ1n) is 6.61. The van der Waals surface area contributed by atoms with Gasteiger partial charge in [0.25, 0.3) is 0 Å². The van der Waals surface area contributed by atoms with Gasteiger partial charge in [0.15, 0.2) is 0 Å². The molecule has 2 N–H and O–H groups in total. The molecule has 5 nitrogen and oxygen atoms in total. The Hall–Kier alpha value is -1.69. The lowest BCUT2D eigenvalue weighted by Gasteiger charge is -2.10. The van der Waals surface area contributed by atoms with Gasteiger partial charge < -0.3 is 10.6 Å². The Kier molecular flexibility index (Phi) is 5.29. The molecule has 0 aliphatic heterocycles. The van der Waals surface area contributed by atoms with Crippen LogP contribution in [-0.4, -0.2) is 21.5 Å². The lowest BCUT2D eigenvalue weighted by atomic mass is 10.2. The van der Waals surface area contributed by atoms with E-state index in [9.17, 15) is 0 Å². The Balaban J connectivity index is 2.07. The molecule has 20 heavy (non-hydrogen) atoms. The van der Waals surface area contributed by atoms with Crippen LogP contribution in [0.5, 0.6) is 0 Å². The quantitative estimate of drug-likeness (QED) is 0.847. The lowest BCUT2D eigenvalue weighted by Crippen LogP contribution is -2.09. The zero-order chi connectivity index (χ0) is 14.4. The van der Waals surface area contributed by atoms with Crippen LogP contribution in [0.4, 0.5) is 11.8 Å². The number of nitrogens with one attached hydrogen (secondary N) is 2. The van der Waals surface area contributed by atoms with E-state index in [0.717, 1.165) is 34.5 Å². The fourth-order valence-corrected chi connectivity index (χ4v) is 2.02. The SMILES string of the molecule is CCCNc1ncc(Br)c(NCc2ncccc2C)n1. The summed E-state index contributed by atoms with van der Waals surface area (Å²) >= 11 is 3.46. The molecular formula is C14H18BrN5. The second kappa shape index (κ2) is 7.19. The fraction of sp³-hybridized carbons (Fsp3) is 0.357. The summed E-state index contributed by atoms with van der Waals surface area (Å²) in [5.74, 6) is 1.40. The van der Waals surface area contributed by atoms with Gasteiger partial charge in [-0.1, -0.05) is 13.0 Å². The van der Waals surface area contributed by atoms with Crippen molar-refractivity contribution in [1.29, 1.82) is 0 Å². The molecule has 106 valence electrons. The van der Waals surface area contributed by atoms with Gasteiger partial charge in [-0.25, -0.2) is 4.98 Å². The topological polar surface area (TPSA) is 62.7 Å². The molecule has 0 saturated carbocycles. The molecule has 0 fully saturated rings. The van der Waals surface area contributed by atoms with Gasteiger partial charge in [0.2, 0.25) is 5.95 Å². The number of rotatable bonds is 6. The molecule has 2 rings (SSSR count). The second-order valence-electron chi connectivity index (χ2n) is 4.44. The Morgan fingerprint density at radius 3 is 2.85 bits per heavy atom. The minimum Gasteiger partial charge on any atom is -0.363 e. The molecule has 0 aliphatic carbocycles. The number of hydrogen-bond donors (Lipinski definition) is 2. The van der Waals surface area contributed by atoms with E-state index in [1.165, 1.54) is 0 Å². The molecule has 0 radical (unpaired) electrons. The minimum absolute atomic E-state index is 0.634. The van der Waals surface area contributed by atoms with Gasteiger partial charge in [-0.15, -0.1) is 0 Å². The first kappa shape index (κ1) is 14.7. The van der Waals surface area contributed by atoms with Crippen molar-refractivity contribution in [2.75, 3.05) is 17.2 Å². The number of aromatic nitrogens is 3. The predicted molar refractivity (Wildman–Crippen MR) is 84.8 cm³/mol. The zero-order valence-corrected chi connectivity index (χ0v) is 13.2. The summed E-state index contributed by atoms with van der Waals surface area (Å²) in [5.41, 5.74) is 2.18. The summed E-state index contributed by atoms with van der Waals surface area (Å²) in [5, 5.41) is 6.46. The molecule has 0 aliphatic rings. The average molecular weight is 336 g/mol. The van der Waals surface area contributed by atoms with Crippen molar-refractivity contribution < 1.29 is 0 Å². The van der Waals surface area contributed by atoms with Gasteiger partial charge in [-0.3, -0.25) is 4.98 Å². The van der Waals surface area contributed by atoms with Gasteiger partial charge in [-0.2, -0.15) is 4.98 Å². The highest BCUT2D eigenvalue weighted by molar-refractivity contribution is 9.10. The first-order chi connectivity index (χ1) is 9.70. The molecule has 6 heteroatoms. The summed E-state index contributed by atoms with van der Waals surface area (Å²) < 4.78 is 0.841. The van der Waals surface area contributed by atoms with Crippen molar-refractivity contribution in [3.63, 3.8) is 0 Å². The third-order valence-electron chi connectivity index (χ3n) is 2.82. The maximum absolute atomic E-state index is 4.45. The van der Waals surface area contributed by atoms with Crippen LogP contribution < -0.4 is 10.6 Å². The largest absolute Gasteiger partial charge is 0.363 e. The van der Waals surface area contributed by atoms with E-state index in [-0.39, 0.29) is 0 Å². The van der Waals surface area contributed by atoms with Crippen LogP contribution >= 0.6 is 15.9 Å². The maximum atomic E-state index is 4.45. The van der Waals surface area contributed by atoms with E-state index in [2.05, 4.69) is 48.4 Å². The molecule has 0 aromatic carbocycles. The molecule has 0 unspecified atom stereocenters. The van der Waals surface area contributed by atoms with E-state index in [4.69, 9.17) is 0 Å². The fourth-order valence-electron chi connectivity index (χ4n) is 1.68. The summed E-state index contributed by atoms with van der Waals surface area (Å²) in [6.45, 7) is 5.65. The molecule has 2 heterocycles. The summed E-state index contributed by atoms with van der Waals surface area (Å²) in [7, 11) is 0. The third-order valence-corrected chi connectivity index (χ3v) is 3.40. The smallest absolute Gasteiger partial charge is 0.224 e. The summed E-state index contributed by atoms with van der Waals surface area (Å²) in [6, 6.07) is 3.99. The van der Waals surface area contributed by atoms with E-state index in [0.29, 0.717) is 12.5 Å². The summed E-state index contributed by atoms with van der Waals surface area (Å²) in [6.07, 6.45) is 4.58. The van der Waals surface area contributed by atoms with Crippen LogP contribution in [0.15, 0.2) is 29.0 Å². The molecule has 2 aromatic heterocycles. The number of anilines is 2. The van der Waals surface area contributed by atoms with Crippen molar-refractivity contribution in [2.45, 2.75) is 26.8 Å². The summed E-state index contributed by atoms with van der Waals surface area (Å²) in [4.78, 5) is 13.0. The number of nitrogens with zero attached hydrogens (tertiary/aromatic N) is 3. The molecule has 0 saturated heterocycles. The van der Waals surface area contributed by atoms with Gasteiger partial charge in [0.05, 0.1) is 16.7 Å². The maximum Gasteiger partial charge on any atom is 0.224 e. The highest BCUT2D eigenvalue weighted by atomic mass is 79.9. The standard InChI is InChI=1S/C14H18BrN5/c1-3-6-17-14-19-8-11(15)13(20-14)18-9-12-10(2)5-4-7-16-12/h4-5,7-8H,3,6,9H2,1-2H3,(H2,17,18,19,20). The van der Waals surface area contributed by atoms with Crippen molar-refractivity contribution in [3.8, 4) is 0 Å². The number of halogens is 1. The molecule has 2 aromatic rings. The Morgan fingerprint density at radius 2 is 2.10 bits per heavy atom. The second-order valence-corrected chi connectivity index (χ2v) is 5.29. The van der Waals surface area contributed by atoms with E-state index in [1.54, 1.807) is 12.4 Å². The molecule has 0 amide bonds. The Bertz CT molecular complexity index is 573. The van der Waals surface area contributed by atoms with E-state index >= 15 is 0 Å². The molecular weight excluding hydrogens is 318 g/mol. The van der Waals surface area contributed by atoms with Crippen LogP contribution in [0, 0.1) is 6.92 Å². The number of aryl methyl sites for hydroxylation is 1. The molecule has 0 atom stereocenters. The predicted octanol–water partition coefficient (Wildman–Crippen LogP) is 3.38. The normalized spacial score (nSPS) is 10.3. The molecule has 0 bridgehead atoms. The van der Waals surface area contributed by atoms with Gasteiger partial charge >= 0.3 is 0 Å². The van der Waals surface area contributed by atoms with E-state index in [1.807, 2.05) is 19.1 Å². The van der Waals surface area contributed by atoms with Gasteiger partial charge in [0.1, 0.15) is 5.82 Å². The minimum atomic E-state index is 0.634. The zero-order valence-electron chi connectivity index (χ0n) is 11.7. The van der Waals surface area contributed by atoms with Crippen molar-refractivity contribution >= 4 is 27.7 Å². The van der Waals surface area contributed by atoms with Crippen LogP contribution in [0.2, 0.25) is 0 Å². The number of hydrogen-bond acceptors (Lipinski definition) is 5. The monoisotopic (exact) mass is 335 g/mol. The highest BCUT2D eigenvalue weighted by Gasteiger charge is 2.06. The average Bonchev–Trinajstić information content (AvgIpc) is 2.46. The van der Waals surface area contributed by atoms with Crippen molar-refractivity contribution in [3.05, 3.63) is 40.3 Å². The van der Waals surface area contributed by atoms with E-state index < -0.39 is 0 Å². The van der Waals surface area contributed by atoms with Crippen LogP contribution in [0.25, 0.3) is 0 Å². The Labute approximate surface area is 127 Å². The number of pyridine rings is 1. The van der Waals surface area contributed by atoms with Crippen molar-refractivity contribution in [2.24, 2.45) is 0 Å². The van der Waals surface area contributed by atoms with Gasteiger partial charge in [-0.05, 0) is 40.9 Å². The van der Waals surface area contributed by atoms with Crippen LogP contribution in [0.1, 0.15) is 24.6 Å².